The molecular weight excluding hydrogens is 346 g/mol. The molecule has 1 rings (SSSR count). The number of rotatable bonds is 6. The van der Waals surface area contributed by atoms with Gasteiger partial charge in [0.2, 0.25) is 0 Å². The molecule has 0 aliphatic heterocycles. The van der Waals surface area contributed by atoms with Crippen LogP contribution in [-0.4, -0.2) is 29.3 Å². The van der Waals surface area contributed by atoms with Gasteiger partial charge in [0, 0.05) is 11.6 Å². The molecule has 0 spiro atoms. The van der Waals surface area contributed by atoms with Gasteiger partial charge in [-0.2, -0.15) is 0 Å². The van der Waals surface area contributed by atoms with Gasteiger partial charge in [-0.1, -0.05) is 18.5 Å². The van der Waals surface area contributed by atoms with E-state index in [0.717, 1.165) is 0 Å². The van der Waals surface area contributed by atoms with E-state index in [9.17, 15) is 9.90 Å². The largest absolute Gasteiger partial charge is 0.480 e. The average Bonchev–Trinajstić information content (AvgIpc) is 2.39. The summed E-state index contributed by atoms with van der Waals surface area (Å²) in [5.41, 5.74) is -0.907. The Morgan fingerprint density at radius 1 is 1.60 bits per heavy atom. The average molecular weight is 365 g/mol. The lowest BCUT2D eigenvalue weighted by molar-refractivity contribution is -0.128. The number of amides is 1. The predicted octanol–water partition coefficient (Wildman–Crippen LogP) is 3.15. The summed E-state index contributed by atoms with van der Waals surface area (Å²) in [5.74, 6) is 0.264. The Labute approximate surface area is 132 Å². The molecule has 0 bridgehead atoms. The van der Waals surface area contributed by atoms with Crippen molar-refractivity contribution in [2.45, 2.75) is 38.9 Å². The van der Waals surface area contributed by atoms with E-state index in [0.29, 0.717) is 21.7 Å². The van der Waals surface area contributed by atoms with Crippen LogP contribution in [0.2, 0.25) is 5.02 Å². The quantitative estimate of drug-likeness (QED) is 0.815. The first kappa shape index (κ1) is 17.3. The molecular formula is C14H19BrClNO3. The van der Waals surface area contributed by atoms with Gasteiger partial charge in [-0.3, -0.25) is 4.79 Å². The SMILES string of the molecule is CCC(C)(O)CNC(=O)C(C)Oc1ccc(Cl)cc1Br. The van der Waals surface area contributed by atoms with Crippen LogP contribution in [0.15, 0.2) is 22.7 Å². The van der Waals surface area contributed by atoms with E-state index in [1.807, 2.05) is 6.92 Å². The minimum absolute atomic E-state index is 0.192. The van der Waals surface area contributed by atoms with Crippen LogP contribution in [0.3, 0.4) is 0 Å². The first-order valence-electron chi connectivity index (χ1n) is 6.37. The number of nitrogens with one attached hydrogen (secondary N) is 1. The van der Waals surface area contributed by atoms with Crippen LogP contribution >= 0.6 is 27.5 Å². The molecule has 2 atom stereocenters. The third-order valence-corrected chi connectivity index (χ3v) is 3.83. The second kappa shape index (κ2) is 7.29. The van der Waals surface area contributed by atoms with E-state index in [4.69, 9.17) is 16.3 Å². The van der Waals surface area contributed by atoms with Gasteiger partial charge in [-0.15, -0.1) is 0 Å². The maximum atomic E-state index is 11.9. The smallest absolute Gasteiger partial charge is 0.260 e. The number of hydrogen-bond donors (Lipinski definition) is 2. The van der Waals surface area contributed by atoms with Gasteiger partial charge in [0.05, 0.1) is 10.1 Å². The zero-order valence-electron chi connectivity index (χ0n) is 11.7. The normalized spacial score (nSPS) is 15.3. The summed E-state index contributed by atoms with van der Waals surface area (Å²) in [4.78, 5) is 11.9. The lowest BCUT2D eigenvalue weighted by Crippen LogP contribution is -2.44. The summed E-state index contributed by atoms with van der Waals surface area (Å²) in [6.07, 6.45) is -0.106. The Balaban J connectivity index is 2.57. The first-order chi connectivity index (χ1) is 9.25. The van der Waals surface area contributed by atoms with Crippen molar-refractivity contribution >= 4 is 33.4 Å². The molecule has 0 radical (unpaired) electrons. The van der Waals surface area contributed by atoms with Crippen molar-refractivity contribution in [3.63, 3.8) is 0 Å². The number of carbonyl (C=O) groups is 1. The highest BCUT2D eigenvalue weighted by Gasteiger charge is 2.21. The summed E-state index contributed by atoms with van der Waals surface area (Å²) in [7, 11) is 0. The topological polar surface area (TPSA) is 58.6 Å². The van der Waals surface area contributed by atoms with Gasteiger partial charge in [0.25, 0.3) is 5.91 Å². The minimum atomic E-state index is -0.907. The van der Waals surface area contributed by atoms with Gasteiger partial charge in [-0.25, -0.2) is 0 Å². The molecule has 0 heterocycles. The van der Waals surface area contributed by atoms with Gasteiger partial charge in [0.1, 0.15) is 5.75 Å². The Morgan fingerprint density at radius 2 is 2.25 bits per heavy atom. The molecule has 0 aliphatic rings. The van der Waals surface area contributed by atoms with Crippen molar-refractivity contribution in [3.05, 3.63) is 27.7 Å². The second-order valence-electron chi connectivity index (χ2n) is 4.90. The van der Waals surface area contributed by atoms with Crippen LogP contribution in [-0.2, 0) is 4.79 Å². The van der Waals surface area contributed by atoms with Crippen LogP contribution in [0.4, 0.5) is 0 Å². The van der Waals surface area contributed by atoms with Gasteiger partial charge < -0.3 is 15.2 Å². The zero-order chi connectivity index (χ0) is 15.3. The lowest BCUT2D eigenvalue weighted by atomic mass is 10.0. The summed E-state index contributed by atoms with van der Waals surface area (Å²) in [5, 5.41) is 13.1. The van der Waals surface area contributed by atoms with Gasteiger partial charge in [0.15, 0.2) is 6.10 Å². The summed E-state index contributed by atoms with van der Waals surface area (Å²) in [6.45, 7) is 5.38. The highest BCUT2D eigenvalue weighted by atomic mass is 79.9. The fourth-order valence-corrected chi connectivity index (χ4v) is 2.14. The van der Waals surface area contributed by atoms with Crippen molar-refractivity contribution in [3.8, 4) is 5.75 Å². The van der Waals surface area contributed by atoms with Crippen molar-refractivity contribution < 1.29 is 14.6 Å². The molecule has 112 valence electrons. The highest BCUT2D eigenvalue weighted by molar-refractivity contribution is 9.10. The Hall–Kier alpha value is -0.780. The molecule has 1 amide bonds. The van der Waals surface area contributed by atoms with Crippen molar-refractivity contribution in [1.82, 2.24) is 5.32 Å². The Morgan fingerprint density at radius 3 is 2.80 bits per heavy atom. The van der Waals surface area contributed by atoms with E-state index < -0.39 is 11.7 Å². The van der Waals surface area contributed by atoms with Gasteiger partial charge >= 0.3 is 0 Å². The standard InChI is InChI=1S/C14H19BrClNO3/c1-4-14(3,19)8-17-13(18)9(2)20-12-6-5-10(16)7-11(12)15/h5-7,9,19H,4,8H2,1-3H3,(H,17,18). The van der Waals surface area contributed by atoms with E-state index in [1.54, 1.807) is 32.0 Å². The monoisotopic (exact) mass is 363 g/mol. The molecule has 20 heavy (non-hydrogen) atoms. The molecule has 1 aromatic rings. The van der Waals surface area contributed by atoms with Crippen LogP contribution in [0.25, 0.3) is 0 Å². The van der Waals surface area contributed by atoms with E-state index >= 15 is 0 Å². The molecule has 0 saturated heterocycles. The molecule has 0 aromatic heterocycles. The van der Waals surface area contributed by atoms with Crippen molar-refractivity contribution in [2.24, 2.45) is 0 Å². The molecule has 0 fully saturated rings. The fourth-order valence-electron chi connectivity index (χ4n) is 1.36. The summed E-state index contributed by atoms with van der Waals surface area (Å²) >= 11 is 9.16. The fraction of sp³-hybridized carbons (Fsp3) is 0.500. The van der Waals surface area contributed by atoms with Gasteiger partial charge in [-0.05, 0) is 54.4 Å². The van der Waals surface area contributed by atoms with Crippen LogP contribution < -0.4 is 10.1 Å². The number of benzene rings is 1. The number of hydrogen-bond acceptors (Lipinski definition) is 3. The summed E-state index contributed by atoms with van der Waals surface area (Å²) < 4.78 is 6.25. The molecule has 6 heteroatoms. The predicted molar refractivity (Wildman–Crippen MR) is 83.2 cm³/mol. The number of ether oxygens (including phenoxy) is 1. The maximum Gasteiger partial charge on any atom is 0.260 e. The number of aliphatic hydroxyl groups is 1. The zero-order valence-corrected chi connectivity index (χ0v) is 14.1. The second-order valence-corrected chi connectivity index (χ2v) is 6.19. The first-order valence-corrected chi connectivity index (χ1v) is 7.54. The molecule has 0 aliphatic carbocycles. The molecule has 2 unspecified atom stereocenters. The number of carbonyl (C=O) groups excluding carboxylic acids is 1. The molecule has 0 saturated carbocycles. The van der Waals surface area contributed by atoms with Crippen molar-refractivity contribution in [2.75, 3.05) is 6.54 Å². The molecule has 2 N–H and O–H groups in total. The van der Waals surface area contributed by atoms with Crippen LogP contribution in [0, 0.1) is 0 Å². The van der Waals surface area contributed by atoms with E-state index in [2.05, 4.69) is 21.2 Å². The van der Waals surface area contributed by atoms with Crippen LogP contribution in [0.1, 0.15) is 27.2 Å². The highest BCUT2D eigenvalue weighted by Crippen LogP contribution is 2.28. The Kier molecular flexibility index (Phi) is 6.30. The molecule has 4 nitrogen and oxygen atoms in total. The Bertz CT molecular complexity index is 479. The number of halogens is 2. The van der Waals surface area contributed by atoms with E-state index in [-0.39, 0.29) is 12.5 Å². The lowest BCUT2D eigenvalue weighted by Gasteiger charge is -2.23. The summed E-state index contributed by atoms with van der Waals surface area (Å²) in [6, 6.07) is 5.08. The maximum absolute atomic E-state index is 11.9. The van der Waals surface area contributed by atoms with Crippen LogP contribution in [0.5, 0.6) is 5.75 Å². The minimum Gasteiger partial charge on any atom is -0.480 e. The third kappa shape index (κ3) is 5.31. The van der Waals surface area contributed by atoms with E-state index in [1.165, 1.54) is 0 Å². The van der Waals surface area contributed by atoms with Crippen molar-refractivity contribution in [1.29, 1.82) is 0 Å². The third-order valence-electron chi connectivity index (χ3n) is 2.97. The molecule has 1 aromatic carbocycles.